The molecule has 1 aromatic rings. The topological polar surface area (TPSA) is 64.7 Å². The largest absolute Gasteiger partial charge is 0.369 e. The van der Waals surface area contributed by atoms with Crippen LogP contribution in [0.5, 0.6) is 0 Å². The molecule has 1 atom stereocenters. The Morgan fingerprint density at radius 1 is 1.29 bits per heavy atom. The average Bonchev–Trinajstić information content (AvgIpc) is 3.06. The van der Waals surface area contributed by atoms with E-state index < -0.39 is 6.03 Å². The van der Waals surface area contributed by atoms with E-state index in [4.69, 9.17) is 0 Å². The molecule has 3 amide bonds. The minimum absolute atomic E-state index is 0.133. The molecule has 2 aliphatic rings. The molecule has 1 unspecified atom stereocenters. The Bertz CT molecular complexity index is 706. The van der Waals surface area contributed by atoms with Gasteiger partial charge in [0.15, 0.2) is 0 Å². The third-order valence-corrected chi connectivity index (χ3v) is 5.75. The molecule has 1 aliphatic carbocycles. The van der Waals surface area contributed by atoms with Gasteiger partial charge in [0.25, 0.3) is 0 Å². The normalized spacial score (nSPS) is 18.8. The average molecular weight is 391 g/mol. The Balaban J connectivity index is 1.53. The van der Waals surface area contributed by atoms with Gasteiger partial charge in [-0.25, -0.2) is 9.18 Å². The fourth-order valence-corrected chi connectivity index (χ4v) is 4.20. The van der Waals surface area contributed by atoms with Crippen LogP contribution in [0.25, 0.3) is 0 Å². The number of amides is 3. The van der Waals surface area contributed by atoms with Gasteiger partial charge in [-0.3, -0.25) is 4.79 Å². The van der Waals surface area contributed by atoms with Crippen LogP contribution in [0.2, 0.25) is 0 Å². The van der Waals surface area contributed by atoms with Crippen LogP contribution in [0.4, 0.5) is 20.6 Å². The lowest BCUT2D eigenvalue weighted by Gasteiger charge is -2.33. The number of anilines is 2. The van der Waals surface area contributed by atoms with E-state index in [-0.39, 0.29) is 17.8 Å². The SMILES string of the molecule is CC(CN1CCCC1=O)NC(=O)Nc1ccc(N(C)C2CCCCC2)c(F)c1. The number of carbonyl (C=O) groups is 2. The quantitative estimate of drug-likeness (QED) is 0.778. The number of likely N-dealkylation sites (tertiary alicyclic amines) is 1. The molecule has 28 heavy (non-hydrogen) atoms. The summed E-state index contributed by atoms with van der Waals surface area (Å²) in [6.45, 7) is 3.09. The second kappa shape index (κ2) is 9.26. The summed E-state index contributed by atoms with van der Waals surface area (Å²) in [5, 5.41) is 5.49. The maximum atomic E-state index is 14.6. The number of hydrogen-bond donors (Lipinski definition) is 2. The summed E-state index contributed by atoms with van der Waals surface area (Å²) in [4.78, 5) is 27.7. The van der Waals surface area contributed by atoms with Gasteiger partial charge in [-0.15, -0.1) is 0 Å². The van der Waals surface area contributed by atoms with Crippen molar-refractivity contribution in [2.24, 2.45) is 0 Å². The minimum atomic E-state index is -0.396. The summed E-state index contributed by atoms with van der Waals surface area (Å²) in [7, 11) is 1.94. The molecule has 1 saturated heterocycles. The monoisotopic (exact) mass is 390 g/mol. The number of hydrogen-bond acceptors (Lipinski definition) is 3. The van der Waals surface area contributed by atoms with Crippen molar-refractivity contribution < 1.29 is 14.0 Å². The number of urea groups is 1. The van der Waals surface area contributed by atoms with E-state index >= 15 is 0 Å². The fraction of sp³-hybridized carbons (Fsp3) is 0.619. The van der Waals surface area contributed by atoms with E-state index in [1.165, 1.54) is 25.3 Å². The molecule has 0 radical (unpaired) electrons. The number of nitrogens with one attached hydrogen (secondary N) is 2. The zero-order valence-electron chi connectivity index (χ0n) is 16.8. The van der Waals surface area contributed by atoms with Gasteiger partial charge in [0.1, 0.15) is 5.82 Å². The first kappa shape index (κ1) is 20.4. The molecule has 154 valence electrons. The van der Waals surface area contributed by atoms with E-state index in [1.54, 1.807) is 17.0 Å². The van der Waals surface area contributed by atoms with Gasteiger partial charge in [0.05, 0.1) is 5.69 Å². The number of nitrogens with zero attached hydrogens (tertiary/aromatic N) is 2. The van der Waals surface area contributed by atoms with E-state index in [2.05, 4.69) is 10.6 Å². The van der Waals surface area contributed by atoms with E-state index in [1.807, 2.05) is 18.9 Å². The number of benzene rings is 1. The van der Waals surface area contributed by atoms with Crippen LogP contribution in [0.1, 0.15) is 51.9 Å². The Morgan fingerprint density at radius 2 is 2.04 bits per heavy atom. The van der Waals surface area contributed by atoms with Crippen molar-refractivity contribution in [3.05, 3.63) is 24.0 Å². The van der Waals surface area contributed by atoms with E-state index in [9.17, 15) is 14.0 Å². The van der Waals surface area contributed by atoms with Gasteiger partial charge in [0, 0.05) is 44.3 Å². The van der Waals surface area contributed by atoms with Gasteiger partial charge in [-0.2, -0.15) is 0 Å². The van der Waals surface area contributed by atoms with E-state index in [0.29, 0.717) is 30.4 Å². The fourth-order valence-electron chi connectivity index (χ4n) is 4.20. The molecule has 0 aromatic heterocycles. The maximum Gasteiger partial charge on any atom is 0.319 e. The standard InChI is InChI=1S/C21H31FN4O2/c1-15(14-26-12-6-9-20(26)27)23-21(28)24-16-10-11-19(18(22)13-16)25(2)17-7-4-3-5-8-17/h10-11,13,15,17H,3-9,12,14H2,1-2H3,(H2,23,24,28). The first-order chi connectivity index (χ1) is 13.4. The van der Waals surface area contributed by atoms with Crippen molar-refractivity contribution >= 4 is 23.3 Å². The van der Waals surface area contributed by atoms with Gasteiger partial charge >= 0.3 is 6.03 Å². The van der Waals surface area contributed by atoms with Crippen molar-refractivity contribution in [1.82, 2.24) is 10.2 Å². The van der Waals surface area contributed by atoms with Crippen molar-refractivity contribution in [2.45, 2.75) is 64.0 Å². The lowest BCUT2D eigenvalue weighted by Crippen LogP contribution is -2.44. The van der Waals surface area contributed by atoms with Crippen LogP contribution >= 0.6 is 0 Å². The Hall–Kier alpha value is -2.31. The number of halogens is 1. The first-order valence-electron chi connectivity index (χ1n) is 10.3. The van der Waals surface area contributed by atoms with Crippen molar-refractivity contribution in [3.63, 3.8) is 0 Å². The Morgan fingerprint density at radius 3 is 2.68 bits per heavy atom. The third-order valence-electron chi connectivity index (χ3n) is 5.75. The molecule has 1 saturated carbocycles. The van der Waals surface area contributed by atoms with Crippen molar-refractivity contribution in [2.75, 3.05) is 30.4 Å². The number of carbonyl (C=O) groups excluding carboxylic acids is 2. The highest BCUT2D eigenvalue weighted by atomic mass is 19.1. The van der Waals surface area contributed by atoms with Crippen LogP contribution in [-0.4, -0.2) is 49.1 Å². The summed E-state index contributed by atoms with van der Waals surface area (Å²) in [5.41, 5.74) is 0.985. The van der Waals surface area contributed by atoms with Crippen LogP contribution in [0, 0.1) is 5.82 Å². The first-order valence-corrected chi connectivity index (χ1v) is 10.3. The second-order valence-corrected chi connectivity index (χ2v) is 8.01. The number of rotatable bonds is 6. The van der Waals surface area contributed by atoms with Crippen LogP contribution < -0.4 is 15.5 Å². The highest BCUT2D eigenvalue weighted by molar-refractivity contribution is 5.89. The summed E-state index contributed by atoms with van der Waals surface area (Å²) in [6, 6.07) is 4.62. The predicted octanol–water partition coefficient (Wildman–Crippen LogP) is 3.73. The Labute approximate surface area is 166 Å². The summed E-state index contributed by atoms with van der Waals surface area (Å²) >= 11 is 0. The molecule has 0 bridgehead atoms. The lowest BCUT2D eigenvalue weighted by molar-refractivity contribution is -0.127. The van der Waals surface area contributed by atoms with Crippen LogP contribution in [-0.2, 0) is 4.79 Å². The zero-order valence-corrected chi connectivity index (χ0v) is 16.8. The minimum Gasteiger partial charge on any atom is -0.369 e. The molecule has 0 spiro atoms. The molecule has 1 aliphatic heterocycles. The highest BCUT2D eigenvalue weighted by Crippen LogP contribution is 2.29. The van der Waals surface area contributed by atoms with Crippen molar-refractivity contribution in [1.29, 1.82) is 0 Å². The molecule has 1 heterocycles. The summed E-state index contributed by atoms with van der Waals surface area (Å²) in [6.07, 6.45) is 7.29. The third kappa shape index (κ3) is 5.14. The summed E-state index contributed by atoms with van der Waals surface area (Å²) in [5.74, 6) is -0.199. The molecule has 1 aromatic carbocycles. The van der Waals surface area contributed by atoms with Crippen LogP contribution in [0.3, 0.4) is 0 Å². The molecule has 6 nitrogen and oxygen atoms in total. The molecule has 3 rings (SSSR count). The van der Waals surface area contributed by atoms with Gasteiger partial charge in [-0.05, 0) is 44.4 Å². The van der Waals surface area contributed by atoms with Gasteiger partial charge < -0.3 is 20.4 Å². The summed E-state index contributed by atoms with van der Waals surface area (Å²) < 4.78 is 14.6. The van der Waals surface area contributed by atoms with Crippen molar-refractivity contribution in [3.8, 4) is 0 Å². The molecular formula is C21H31FN4O2. The lowest BCUT2D eigenvalue weighted by atomic mass is 9.94. The molecule has 7 heteroatoms. The molecular weight excluding hydrogens is 359 g/mol. The highest BCUT2D eigenvalue weighted by Gasteiger charge is 2.23. The smallest absolute Gasteiger partial charge is 0.319 e. The molecule has 2 N–H and O–H groups in total. The maximum absolute atomic E-state index is 14.6. The van der Waals surface area contributed by atoms with E-state index in [0.717, 1.165) is 25.8 Å². The Kier molecular flexibility index (Phi) is 6.75. The predicted molar refractivity (Wildman–Crippen MR) is 109 cm³/mol. The van der Waals surface area contributed by atoms with Gasteiger partial charge in [-0.1, -0.05) is 19.3 Å². The zero-order chi connectivity index (χ0) is 20.1. The molecule has 2 fully saturated rings. The van der Waals surface area contributed by atoms with Crippen LogP contribution in [0.15, 0.2) is 18.2 Å². The second-order valence-electron chi connectivity index (χ2n) is 8.01. The van der Waals surface area contributed by atoms with Gasteiger partial charge in [0.2, 0.25) is 5.91 Å².